The number of benzene rings is 2. The molecule has 0 unspecified atom stereocenters. The van der Waals surface area contributed by atoms with Gasteiger partial charge in [0, 0.05) is 19.7 Å². The van der Waals surface area contributed by atoms with E-state index in [9.17, 15) is 4.79 Å². The summed E-state index contributed by atoms with van der Waals surface area (Å²) in [7, 11) is 2.10. The first-order valence-corrected chi connectivity index (χ1v) is 9.81. The fraction of sp³-hybridized carbons (Fsp3) is 0.435. The molecule has 2 aromatic carbocycles. The Labute approximate surface area is 178 Å². The molecule has 0 N–H and O–H groups in total. The molecule has 4 nitrogen and oxygen atoms in total. The third-order valence-electron chi connectivity index (χ3n) is 5.11. The smallest absolute Gasteiger partial charge is 0.348 e. The van der Waals surface area contributed by atoms with Crippen LogP contribution >= 0.6 is 17.0 Å². The second kappa shape index (κ2) is 10.7. The normalized spacial score (nSPS) is 15.6. The number of halogens is 1. The van der Waals surface area contributed by atoms with Gasteiger partial charge in [-0.15, -0.1) is 17.0 Å². The number of nitrogens with zero attached hydrogens (tertiary/aromatic N) is 1. The van der Waals surface area contributed by atoms with Gasteiger partial charge in [-0.1, -0.05) is 67.6 Å². The van der Waals surface area contributed by atoms with Crippen molar-refractivity contribution in [1.82, 2.24) is 4.90 Å². The summed E-state index contributed by atoms with van der Waals surface area (Å²) in [5.74, 6) is -0.317. The summed E-state index contributed by atoms with van der Waals surface area (Å²) in [4.78, 5) is 15.8. The van der Waals surface area contributed by atoms with Gasteiger partial charge in [0.05, 0.1) is 0 Å². The van der Waals surface area contributed by atoms with E-state index in [-0.39, 0.29) is 29.1 Å². The highest BCUT2D eigenvalue weighted by molar-refractivity contribution is 8.93. The zero-order valence-electron chi connectivity index (χ0n) is 16.7. The highest BCUT2D eigenvalue weighted by Gasteiger charge is 2.46. The van der Waals surface area contributed by atoms with Crippen LogP contribution in [0.25, 0.3) is 0 Å². The Kier molecular flexibility index (Phi) is 8.67. The van der Waals surface area contributed by atoms with Crippen molar-refractivity contribution in [2.45, 2.75) is 37.9 Å². The molecule has 0 radical (unpaired) electrons. The van der Waals surface area contributed by atoms with Gasteiger partial charge in [-0.05, 0) is 37.4 Å². The summed E-state index contributed by atoms with van der Waals surface area (Å²) in [6.07, 6.45) is 2.47. The quantitative estimate of drug-likeness (QED) is 0.582. The average Bonchev–Trinajstić information content (AvgIpc) is 2.72. The lowest BCUT2D eigenvalue weighted by Crippen LogP contribution is -2.45. The summed E-state index contributed by atoms with van der Waals surface area (Å²) in [5.41, 5.74) is 0.382. The van der Waals surface area contributed by atoms with Gasteiger partial charge in [0.25, 0.3) is 0 Å². The van der Waals surface area contributed by atoms with Gasteiger partial charge < -0.3 is 14.4 Å². The maximum Gasteiger partial charge on any atom is 0.348 e. The number of carbonyl (C=O) groups excluding carboxylic acids is 1. The van der Waals surface area contributed by atoms with Crippen LogP contribution in [0.1, 0.15) is 37.3 Å². The summed E-state index contributed by atoms with van der Waals surface area (Å²) in [5, 5.41) is 0. The van der Waals surface area contributed by atoms with E-state index in [4.69, 9.17) is 9.47 Å². The molecule has 152 valence electrons. The predicted molar refractivity (Wildman–Crippen MR) is 117 cm³/mol. The van der Waals surface area contributed by atoms with E-state index in [2.05, 4.69) is 11.9 Å². The molecule has 0 amide bonds. The fourth-order valence-corrected chi connectivity index (χ4v) is 3.57. The van der Waals surface area contributed by atoms with Gasteiger partial charge in [0.15, 0.2) is 0 Å². The van der Waals surface area contributed by atoms with Crippen LogP contribution in [0.4, 0.5) is 0 Å². The topological polar surface area (TPSA) is 38.8 Å². The first kappa shape index (κ1) is 22.6. The molecule has 1 aliphatic rings. The summed E-state index contributed by atoms with van der Waals surface area (Å²) in [6.45, 7) is 4.41. The molecule has 28 heavy (non-hydrogen) atoms. The van der Waals surface area contributed by atoms with Crippen molar-refractivity contribution in [1.29, 1.82) is 0 Å². The van der Waals surface area contributed by atoms with Gasteiger partial charge in [-0.3, -0.25) is 0 Å². The van der Waals surface area contributed by atoms with E-state index in [1.165, 1.54) is 0 Å². The molecule has 1 aliphatic heterocycles. The Morgan fingerprint density at radius 1 is 1.00 bits per heavy atom. The highest BCUT2D eigenvalue weighted by Crippen LogP contribution is 2.36. The molecule has 0 spiro atoms. The minimum Gasteiger partial charge on any atom is -0.460 e. The van der Waals surface area contributed by atoms with E-state index in [1.54, 1.807) is 0 Å². The summed E-state index contributed by atoms with van der Waals surface area (Å²) >= 11 is 0. The van der Waals surface area contributed by atoms with Crippen LogP contribution in [0, 0.1) is 0 Å². The largest absolute Gasteiger partial charge is 0.460 e. The Morgan fingerprint density at radius 3 is 1.96 bits per heavy atom. The monoisotopic (exact) mass is 447 g/mol. The van der Waals surface area contributed by atoms with Crippen molar-refractivity contribution in [2.24, 2.45) is 0 Å². The van der Waals surface area contributed by atoms with Crippen LogP contribution in [-0.2, 0) is 19.9 Å². The van der Waals surface area contributed by atoms with Crippen LogP contribution < -0.4 is 0 Å². The Hall–Kier alpha value is -1.69. The molecule has 5 heteroatoms. The van der Waals surface area contributed by atoms with E-state index in [0.29, 0.717) is 6.61 Å². The lowest BCUT2D eigenvalue weighted by molar-refractivity contribution is -0.176. The Bertz CT molecular complexity index is 676. The molecule has 2 aromatic rings. The minimum absolute atomic E-state index is 0. The van der Waals surface area contributed by atoms with Gasteiger partial charge in [-0.25, -0.2) is 4.79 Å². The average molecular weight is 448 g/mol. The molecular formula is C23H30BrNO3. The van der Waals surface area contributed by atoms with E-state index < -0.39 is 5.60 Å². The number of rotatable bonds is 7. The second-order valence-electron chi connectivity index (χ2n) is 7.17. The maximum atomic E-state index is 13.6. The van der Waals surface area contributed by atoms with Crippen molar-refractivity contribution < 1.29 is 14.3 Å². The predicted octanol–water partition coefficient (Wildman–Crippen LogP) is 4.57. The van der Waals surface area contributed by atoms with Crippen molar-refractivity contribution >= 4 is 23.0 Å². The van der Waals surface area contributed by atoms with E-state index in [1.807, 2.05) is 67.6 Å². The molecule has 0 bridgehead atoms. The molecule has 0 atom stereocenters. The van der Waals surface area contributed by atoms with E-state index in [0.717, 1.165) is 43.5 Å². The summed E-state index contributed by atoms with van der Waals surface area (Å²) < 4.78 is 12.3. The standard InChI is InChI=1S/C23H29NO3.BrH/c1-3-18-26-23(19-10-6-4-7-11-19,20-12-8-5-9-13-20)22(25)27-21-14-16-24(2)17-15-21;/h4-13,21H,3,14-18H2,1-2H3;1H. The van der Waals surface area contributed by atoms with Crippen LogP contribution in [0.2, 0.25) is 0 Å². The number of ether oxygens (including phenoxy) is 2. The molecule has 0 saturated carbocycles. The number of hydrogen-bond acceptors (Lipinski definition) is 4. The molecule has 1 heterocycles. The van der Waals surface area contributed by atoms with Gasteiger partial charge in [0.2, 0.25) is 5.60 Å². The van der Waals surface area contributed by atoms with Crippen molar-refractivity contribution in [3.8, 4) is 0 Å². The lowest BCUT2D eigenvalue weighted by Gasteiger charge is -2.36. The maximum absolute atomic E-state index is 13.6. The number of carbonyl (C=O) groups is 1. The third-order valence-corrected chi connectivity index (χ3v) is 5.11. The molecule has 1 saturated heterocycles. The number of esters is 1. The fourth-order valence-electron chi connectivity index (χ4n) is 3.57. The number of hydrogen-bond donors (Lipinski definition) is 0. The molecule has 1 fully saturated rings. The third kappa shape index (κ3) is 5.02. The SMILES string of the molecule is Br.CCCOC(C(=O)OC1CCN(C)CC1)(c1ccccc1)c1ccccc1. The van der Waals surface area contributed by atoms with Crippen molar-refractivity contribution in [3.05, 3.63) is 71.8 Å². The minimum atomic E-state index is -1.23. The Morgan fingerprint density at radius 2 is 1.50 bits per heavy atom. The zero-order valence-corrected chi connectivity index (χ0v) is 18.4. The molecule has 0 aliphatic carbocycles. The first-order valence-electron chi connectivity index (χ1n) is 9.81. The molecule has 0 aromatic heterocycles. The van der Waals surface area contributed by atoms with E-state index >= 15 is 0 Å². The zero-order chi connectivity index (χ0) is 19.1. The van der Waals surface area contributed by atoms with Crippen molar-refractivity contribution in [2.75, 3.05) is 26.7 Å². The second-order valence-corrected chi connectivity index (χ2v) is 7.17. The lowest BCUT2D eigenvalue weighted by atomic mass is 9.85. The van der Waals surface area contributed by atoms with Crippen LogP contribution in [-0.4, -0.2) is 43.7 Å². The Balaban J connectivity index is 0.00000280. The molecular weight excluding hydrogens is 418 g/mol. The number of piperidine rings is 1. The van der Waals surface area contributed by atoms with Gasteiger partial charge in [-0.2, -0.15) is 0 Å². The first-order chi connectivity index (χ1) is 13.2. The highest BCUT2D eigenvalue weighted by atomic mass is 79.9. The number of likely N-dealkylation sites (tertiary alicyclic amines) is 1. The van der Waals surface area contributed by atoms with Crippen molar-refractivity contribution in [3.63, 3.8) is 0 Å². The van der Waals surface area contributed by atoms with Crippen LogP contribution in [0.5, 0.6) is 0 Å². The molecule has 3 rings (SSSR count). The van der Waals surface area contributed by atoms with Gasteiger partial charge >= 0.3 is 5.97 Å². The van der Waals surface area contributed by atoms with Gasteiger partial charge in [0.1, 0.15) is 6.10 Å². The summed E-state index contributed by atoms with van der Waals surface area (Å²) in [6, 6.07) is 19.4. The van der Waals surface area contributed by atoms with Crippen LogP contribution in [0.15, 0.2) is 60.7 Å². The van der Waals surface area contributed by atoms with Crippen LogP contribution in [0.3, 0.4) is 0 Å².